The van der Waals surface area contributed by atoms with Crippen molar-refractivity contribution in [3.8, 4) is 0 Å². The van der Waals surface area contributed by atoms with Crippen LogP contribution in [0, 0.1) is 0 Å². The quantitative estimate of drug-likeness (QED) is 0.0310. The van der Waals surface area contributed by atoms with Crippen molar-refractivity contribution in [2.24, 2.45) is 0 Å². The fourth-order valence-electron chi connectivity index (χ4n) is 2.96. The second-order valence-corrected chi connectivity index (χ2v) is 12.3. The molecule has 0 heterocycles. The smallest absolute Gasteiger partial charge is 0.870 e. The van der Waals surface area contributed by atoms with Gasteiger partial charge in [0.25, 0.3) is 10.1 Å². The van der Waals surface area contributed by atoms with Crippen LogP contribution in [0.2, 0.25) is 0 Å². The van der Waals surface area contributed by atoms with Gasteiger partial charge in [0.05, 0.1) is 36.7 Å². The molecule has 52 heavy (non-hydrogen) atoms. The molecular formula is C32H72BrCl2KO15S. The molecule has 0 spiro atoms. The molecule has 0 saturated heterocycles. The maximum absolute atomic E-state index is 10.7. The predicted octanol–water partition coefficient (Wildman–Crippen LogP) is 2.11. The summed E-state index contributed by atoms with van der Waals surface area (Å²) in [5, 5.41) is 25.6. The molecule has 15 nitrogen and oxygen atoms in total. The maximum Gasteiger partial charge on any atom is 1.00 e. The van der Waals surface area contributed by atoms with Crippen LogP contribution >= 0.6 is 39.1 Å². The third kappa shape index (κ3) is 73.3. The molecule has 0 bridgehead atoms. The summed E-state index contributed by atoms with van der Waals surface area (Å²) in [5.41, 5.74) is 0. The molecule has 318 valence electrons. The minimum Gasteiger partial charge on any atom is -0.870 e. The van der Waals surface area contributed by atoms with Crippen LogP contribution in [-0.2, 0) is 52.2 Å². The fourth-order valence-corrected chi connectivity index (χ4v) is 3.75. The van der Waals surface area contributed by atoms with Crippen LogP contribution in [0.1, 0.15) is 80.1 Å². The number of hydrogen-bond donors (Lipinski definition) is 3. The Bertz CT molecular complexity index is 664. The van der Waals surface area contributed by atoms with E-state index in [1.54, 1.807) is 0 Å². The maximum atomic E-state index is 10.7. The van der Waals surface area contributed by atoms with Gasteiger partial charge in [0.15, 0.2) is 18.9 Å². The van der Waals surface area contributed by atoms with Crippen molar-refractivity contribution in [2.45, 2.75) is 98.9 Å². The first-order valence-corrected chi connectivity index (χ1v) is 21.2. The van der Waals surface area contributed by atoms with Crippen LogP contribution < -0.4 is 51.4 Å². The van der Waals surface area contributed by atoms with Crippen molar-refractivity contribution in [1.82, 2.24) is 0 Å². The van der Waals surface area contributed by atoms with Gasteiger partial charge in [0, 0.05) is 72.7 Å². The molecule has 0 fully saturated rings. The van der Waals surface area contributed by atoms with E-state index in [0.717, 1.165) is 43.7 Å². The van der Waals surface area contributed by atoms with Crippen molar-refractivity contribution >= 4 is 49.2 Å². The Morgan fingerprint density at radius 1 is 0.558 bits per heavy atom. The topological polar surface area (TPSA) is 208 Å². The summed E-state index contributed by atoms with van der Waals surface area (Å²) >= 11 is 12.8. The van der Waals surface area contributed by atoms with Gasteiger partial charge >= 0.3 is 51.4 Å². The molecule has 0 radical (unpaired) electrons. The van der Waals surface area contributed by atoms with Crippen molar-refractivity contribution in [2.75, 3.05) is 109 Å². The van der Waals surface area contributed by atoms with E-state index >= 15 is 0 Å². The molecule has 0 amide bonds. The van der Waals surface area contributed by atoms with Crippen LogP contribution in [0.5, 0.6) is 0 Å². The average molecular weight is 919 g/mol. The summed E-state index contributed by atoms with van der Waals surface area (Å²) in [7, 11) is -3.33. The Morgan fingerprint density at radius 3 is 1.10 bits per heavy atom. The number of hydrogen-bond acceptors (Lipinski definition) is 15. The standard InChI is InChI=1S/C11H24O6S.C10H22O4.C6H13BrO2.C4H10O2.CH2Cl2.K.H2O/c1-4-15-11(16-5-2)10-14-8-6-7-9-17-18(3,12)13;1-3-13-10(14-4-2)9-12-8-6-5-7-11;1-3-8-6(5-7)9-4-2;5-3-1-2-4-6;2-1-3;;/h11H,4-10H2,1-3H3;10-11H,3-9H2,1-2H3;6H,3-5H2,1-2H3;5-6H,1-4H2;1H2;;1H2/q;;;;;+1;/p-1. The average Bonchev–Trinajstić information content (AvgIpc) is 3.08. The summed E-state index contributed by atoms with van der Waals surface area (Å²) in [6.07, 6.45) is 4.87. The van der Waals surface area contributed by atoms with Crippen LogP contribution in [-0.4, -0.2) is 158 Å². The Labute approximate surface area is 376 Å². The summed E-state index contributed by atoms with van der Waals surface area (Å²) in [5.74, 6) is 0. The van der Waals surface area contributed by atoms with Gasteiger partial charge in [-0.05, 0) is 80.1 Å². The Morgan fingerprint density at radius 2 is 0.827 bits per heavy atom. The van der Waals surface area contributed by atoms with Gasteiger partial charge in [-0.1, -0.05) is 15.9 Å². The summed E-state index contributed by atoms with van der Waals surface area (Å²) in [6, 6.07) is 0. The van der Waals surface area contributed by atoms with Crippen molar-refractivity contribution in [3.05, 3.63) is 0 Å². The fraction of sp³-hybridized carbons (Fsp3) is 1.00. The molecule has 0 aromatic rings. The first-order valence-electron chi connectivity index (χ1n) is 17.2. The Balaban J connectivity index is -0.000000106. The molecule has 0 rings (SSSR count). The van der Waals surface area contributed by atoms with Crippen LogP contribution in [0.3, 0.4) is 0 Å². The second-order valence-electron chi connectivity index (χ2n) is 9.24. The number of unbranched alkanes of at least 4 members (excludes halogenated alkanes) is 3. The first kappa shape index (κ1) is 68.8. The predicted molar refractivity (Wildman–Crippen MR) is 205 cm³/mol. The summed E-state index contributed by atoms with van der Waals surface area (Å²) in [6.45, 7) is 18.2. The molecule has 0 aromatic heterocycles. The molecular weight excluding hydrogens is 846 g/mol. The van der Waals surface area contributed by atoms with Gasteiger partial charge in [0.1, 0.15) is 0 Å². The number of aliphatic hydroxyl groups is 3. The number of rotatable bonds is 30. The SMILES string of the molecule is CCOC(CBr)OCC.CCOC(COCCCCO)OCC.CCOC(COCCCCOS(C)(=O)=O)OCC.ClCCl.OCCCCO.[K+].[OH-]. The number of aliphatic hydroxyl groups excluding tert-OH is 3. The zero-order chi connectivity index (χ0) is 39.2. The van der Waals surface area contributed by atoms with E-state index in [4.69, 9.17) is 76.4 Å². The third-order valence-corrected chi connectivity index (χ3v) is 6.12. The molecule has 0 unspecified atom stereocenters. The van der Waals surface area contributed by atoms with Crippen molar-refractivity contribution in [3.63, 3.8) is 0 Å². The molecule has 20 heteroatoms. The molecule has 0 aromatic carbocycles. The number of halogens is 3. The van der Waals surface area contributed by atoms with Gasteiger partial charge in [-0.2, -0.15) is 8.42 Å². The summed E-state index contributed by atoms with van der Waals surface area (Å²) in [4.78, 5) is 0. The second kappa shape index (κ2) is 62.3. The van der Waals surface area contributed by atoms with E-state index in [1.165, 1.54) is 0 Å². The molecule has 0 aliphatic heterocycles. The van der Waals surface area contributed by atoms with E-state index in [9.17, 15) is 8.42 Å². The monoisotopic (exact) mass is 916 g/mol. The van der Waals surface area contributed by atoms with Crippen LogP contribution in [0.25, 0.3) is 0 Å². The number of alkyl halides is 3. The molecule has 0 atom stereocenters. The normalized spacial score (nSPS) is 10.5. The van der Waals surface area contributed by atoms with E-state index in [1.807, 2.05) is 41.5 Å². The molecule has 4 N–H and O–H groups in total. The molecule has 0 saturated carbocycles. The van der Waals surface area contributed by atoms with Gasteiger partial charge in [-0.3, -0.25) is 4.18 Å². The Hall–Kier alpha value is 2.13. The van der Waals surface area contributed by atoms with E-state index in [2.05, 4.69) is 20.1 Å². The minimum absolute atomic E-state index is 0. The molecule has 0 aliphatic rings. The summed E-state index contributed by atoms with van der Waals surface area (Å²) < 4.78 is 68.2. The van der Waals surface area contributed by atoms with Crippen LogP contribution in [0.15, 0.2) is 0 Å². The van der Waals surface area contributed by atoms with E-state index in [-0.39, 0.29) is 107 Å². The van der Waals surface area contributed by atoms with Gasteiger partial charge < -0.3 is 58.7 Å². The third-order valence-electron chi connectivity index (χ3n) is 4.99. The van der Waals surface area contributed by atoms with Gasteiger partial charge in [-0.25, -0.2) is 0 Å². The van der Waals surface area contributed by atoms with E-state index in [0.29, 0.717) is 72.5 Å². The van der Waals surface area contributed by atoms with Crippen molar-refractivity contribution < 1.29 is 123 Å². The van der Waals surface area contributed by atoms with Crippen molar-refractivity contribution in [1.29, 1.82) is 0 Å². The van der Waals surface area contributed by atoms with Crippen LogP contribution in [0.4, 0.5) is 0 Å². The zero-order valence-corrected chi connectivity index (χ0v) is 40.1. The largest absolute Gasteiger partial charge is 1.00 e. The zero-order valence-electron chi connectivity index (χ0n) is 33.1. The minimum atomic E-state index is -3.33. The molecule has 0 aliphatic carbocycles. The van der Waals surface area contributed by atoms with E-state index < -0.39 is 10.1 Å². The first-order chi connectivity index (χ1) is 24.0. The number of ether oxygens (including phenoxy) is 8. The van der Waals surface area contributed by atoms with Gasteiger partial charge in [0.2, 0.25) is 0 Å². The van der Waals surface area contributed by atoms with Gasteiger partial charge in [-0.15, -0.1) is 23.2 Å². The Kier molecular flexibility index (Phi) is 82.4.